The number of rotatable bonds is 12. The maximum atomic E-state index is 12.2. The van der Waals surface area contributed by atoms with Crippen LogP contribution in [0.3, 0.4) is 0 Å². The van der Waals surface area contributed by atoms with Crippen molar-refractivity contribution >= 4 is 23.8 Å². The molecule has 0 saturated heterocycles. The number of benzene rings is 2. The van der Waals surface area contributed by atoms with Crippen LogP contribution in [0, 0.1) is 0 Å². The summed E-state index contributed by atoms with van der Waals surface area (Å²) in [7, 11) is 0. The minimum absolute atomic E-state index is 0.190. The number of hydrogen-bond donors (Lipinski definition) is 2. The zero-order chi connectivity index (χ0) is 27.1. The maximum Gasteiger partial charge on any atom is 0.268 e. The van der Waals surface area contributed by atoms with E-state index in [0.29, 0.717) is 17.8 Å². The summed E-state index contributed by atoms with van der Waals surface area (Å²) >= 11 is 6.20. The first kappa shape index (κ1) is 27.2. The Labute approximate surface area is 222 Å². The molecule has 0 radical (unpaired) electrons. The Kier molecular flexibility index (Phi) is 9.05. The SMILES string of the molecule is CCCCc1nc(Cl)c(C=O)n1Cc1ccc(-c2ccccc2-c2nnn(C(=O)CCON(O)O)n2)cc1. The first-order valence-electron chi connectivity index (χ1n) is 11.9. The van der Waals surface area contributed by atoms with Gasteiger partial charge in [-0.1, -0.05) is 78.3 Å². The average Bonchev–Trinajstić information content (AvgIpc) is 3.52. The molecule has 0 spiro atoms. The summed E-state index contributed by atoms with van der Waals surface area (Å²) in [4.78, 5) is 33.5. The molecule has 0 aliphatic heterocycles. The molecule has 0 aliphatic rings. The van der Waals surface area contributed by atoms with Gasteiger partial charge in [0.25, 0.3) is 5.91 Å². The summed E-state index contributed by atoms with van der Waals surface area (Å²) in [5, 5.41) is 28.9. The molecule has 4 rings (SSSR count). The molecule has 13 heteroatoms. The highest BCUT2D eigenvalue weighted by molar-refractivity contribution is 6.31. The summed E-state index contributed by atoms with van der Waals surface area (Å²) in [6, 6.07) is 15.3. The van der Waals surface area contributed by atoms with Gasteiger partial charge < -0.3 is 4.57 Å². The van der Waals surface area contributed by atoms with E-state index in [9.17, 15) is 9.59 Å². The monoisotopic (exact) mass is 539 g/mol. The van der Waals surface area contributed by atoms with Crippen LogP contribution in [0.1, 0.15) is 52.9 Å². The third-order valence-corrected chi connectivity index (χ3v) is 6.12. The zero-order valence-corrected chi connectivity index (χ0v) is 21.3. The van der Waals surface area contributed by atoms with Crippen LogP contribution in [0.25, 0.3) is 22.5 Å². The Bertz CT molecular complexity index is 1400. The number of carbonyl (C=O) groups is 2. The van der Waals surface area contributed by atoms with Crippen molar-refractivity contribution in [1.82, 2.24) is 35.1 Å². The first-order valence-corrected chi connectivity index (χ1v) is 12.3. The molecule has 2 aromatic heterocycles. The van der Waals surface area contributed by atoms with Crippen molar-refractivity contribution in [3.8, 4) is 22.5 Å². The normalized spacial score (nSPS) is 11.3. The lowest BCUT2D eigenvalue weighted by molar-refractivity contribution is -0.491. The fourth-order valence-corrected chi connectivity index (χ4v) is 4.18. The summed E-state index contributed by atoms with van der Waals surface area (Å²) < 4.78 is 1.86. The predicted octanol–water partition coefficient (Wildman–Crippen LogP) is 4.10. The quantitative estimate of drug-likeness (QED) is 0.199. The molecule has 198 valence electrons. The first-order chi connectivity index (χ1) is 18.4. The van der Waals surface area contributed by atoms with Crippen molar-refractivity contribution in [2.24, 2.45) is 0 Å². The topological polar surface area (TPSA) is 148 Å². The number of halogens is 1. The number of carbonyl (C=O) groups excluding carboxylic acids is 2. The van der Waals surface area contributed by atoms with E-state index < -0.39 is 11.3 Å². The van der Waals surface area contributed by atoms with Crippen LogP contribution in [0.2, 0.25) is 5.15 Å². The highest BCUT2D eigenvalue weighted by Crippen LogP contribution is 2.30. The van der Waals surface area contributed by atoms with Crippen LogP contribution in [-0.2, 0) is 17.8 Å². The van der Waals surface area contributed by atoms with E-state index in [1.54, 1.807) is 0 Å². The highest BCUT2D eigenvalue weighted by atomic mass is 35.5. The number of imidazole rings is 1. The molecule has 0 fully saturated rings. The Morgan fingerprint density at radius 1 is 1.13 bits per heavy atom. The lowest BCUT2D eigenvalue weighted by atomic mass is 9.98. The van der Waals surface area contributed by atoms with E-state index in [1.165, 1.54) is 0 Å². The third-order valence-electron chi connectivity index (χ3n) is 5.84. The van der Waals surface area contributed by atoms with E-state index in [0.717, 1.165) is 52.9 Å². The van der Waals surface area contributed by atoms with Crippen molar-refractivity contribution < 1.29 is 24.8 Å². The maximum absolute atomic E-state index is 12.2. The molecule has 12 nitrogen and oxygen atoms in total. The summed E-state index contributed by atoms with van der Waals surface area (Å²) in [6.07, 6.45) is 3.24. The van der Waals surface area contributed by atoms with Crippen molar-refractivity contribution in [3.05, 3.63) is 70.8 Å². The third kappa shape index (κ3) is 6.36. The van der Waals surface area contributed by atoms with Gasteiger partial charge in [0, 0.05) is 18.5 Å². The van der Waals surface area contributed by atoms with E-state index >= 15 is 0 Å². The second kappa shape index (κ2) is 12.6. The molecule has 2 aromatic carbocycles. The highest BCUT2D eigenvalue weighted by Gasteiger charge is 2.17. The molecule has 0 amide bonds. The van der Waals surface area contributed by atoms with Crippen molar-refractivity contribution in [1.29, 1.82) is 0 Å². The predicted molar refractivity (Wildman–Crippen MR) is 136 cm³/mol. The number of hydrogen-bond acceptors (Lipinski definition) is 10. The van der Waals surface area contributed by atoms with E-state index in [1.807, 2.05) is 53.1 Å². The Hall–Kier alpha value is -3.81. The van der Waals surface area contributed by atoms with Crippen LogP contribution in [0.4, 0.5) is 0 Å². The lowest BCUT2D eigenvalue weighted by Crippen LogP contribution is -2.20. The van der Waals surface area contributed by atoms with Gasteiger partial charge in [0.2, 0.25) is 5.82 Å². The molecule has 38 heavy (non-hydrogen) atoms. The van der Waals surface area contributed by atoms with Crippen LogP contribution < -0.4 is 0 Å². The molecule has 0 saturated carbocycles. The molecule has 0 unspecified atom stereocenters. The number of aldehydes is 1. The smallest absolute Gasteiger partial charge is 0.268 e. The fraction of sp³-hybridized carbons (Fsp3) is 0.280. The van der Waals surface area contributed by atoms with Crippen molar-refractivity contribution in [3.63, 3.8) is 0 Å². The number of tetrazole rings is 1. The Balaban J connectivity index is 1.54. The molecule has 2 N–H and O–H groups in total. The second-order valence-corrected chi connectivity index (χ2v) is 8.74. The van der Waals surface area contributed by atoms with Crippen LogP contribution in [0.5, 0.6) is 0 Å². The van der Waals surface area contributed by atoms with Gasteiger partial charge in [-0.05, 0) is 28.3 Å². The van der Waals surface area contributed by atoms with E-state index in [-0.39, 0.29) is 24.0 Å². The van der Waals surface area contributed by atoms with Crippen LogP contribution in [0.15, 0.2) is 48.5 Å². The molecule has 4 aromatic rings. The van der Waals surface area contributed by atoms with Crippen LogP contribution >= 0.6 is 11.6 Å². The molecule has 0 bridgehead atoms. The van der Waals surface area contributed by atoms with Gasteiger partial charge in [-0.25, -0.2) is 4.98 Å². The van der Waals surface area contributed by atoms with Gasteiger partial charge >= 0.3 is 0 Å². The average molecular weight is 540 g/mol. The number of unbranched alkanes of at least 4 members (excludes halogenated alkanes) is 1. The van der Waals surface area contributed by atoms with E-state index in [4.69, 9.17) is 22.0 Å². The number of aromatic nitrogens is 6. The number of nitrogens with zero attached hydrogens (tertiary/aromatic N) is 7. The van der Waals surface area contributed by atoms with Gasteiger partial charge in [0.05, 0.1) is 18.4 Å². The zero-order valence-electron chi connectivity index (χ0n) is 20.6. The molecule has 0 atom stereocenters. The Morgan fingerprint density at radius 2 is 1.87 bits per heavy atom. The summed E-state index contributed by atoms with van der Waals surface area (Å²) in [5.41, 5.74) is 3.76. The molecule has 0 aliphatic carbocycles. The lowest BCUT2D eigenvalue weighted by Gasteiger charge is -2.11. The molecular formula is C25H26ClN7O5. The Morgan fingerprint density at radius 3 is 2.55 bits per heavy atom. The summed E-state index contributed by atoms with van der Waals surface area (Å²) in [5.74, 6) is 0.517. The van der Waals surface area contributed by atoms with Gasteiger partial charge in [0.15, 0.2) is 11.4 Å². The van der Waals surface area contributed by atoms with Gasteiger partial charge in [-0.3, -0.25) is 24.8 Å². The van der Waals surface area contributed by atoms with Crippen LogP contribution in [-0.4, -0.2) is 64.4 Å². The van der Waals surface area contributed by atoms with Gasteiger partial charge in [-0.15, -0.1) is 10.2 Å². The summed E-state index contributed by atoms with van der Waals surface area (Å²) in [6.45, 7) is 2.28. The standard InChI is InChI=1S/C25H26ClN7O5/c1-2-3-8-22-27-24(26)21(16-34)31(22)15-17-9-11-18(12-10-17)19-6-4-5-7-20(19)25-28-30-32(29-25)23(35)13-14-38-33(36)37/h4-7,9-12,16,36-37H,2-3,8,13-15H2,1H3. The van der Waals surface area contributed by atoms with Crippen molar-refractivity contribution in [2.75, 3.05) is 6.61 Å². The fourth-order valence-electron chi connectivity index (χ4n) is 3.94. The number of aryl methyl sites for hydroxylation is 1. The minimum atomic E-state index is -0.528. The second-order valence-electron chi connectivity index (χ2n) is 8.39. The van der Waals surface area contributed by atoms with Crippen molar-refractivity contribution in [2.45, 2.75) is 39.2 Å². The van der Waals surface area contributed by atoms with Gasteiger partial charge in [0.1, 0.15) is 11.5 Å². The van der Waals surface area contributed by atoms with Gasteiger partial charge in [-0.2, -0.15) is 0 Å². The minimum Gasteiger partial charge on any atom is -0.320 e. The molecule has 2 heterocycles. The molecular weight excluding hydrogens is 514 g/mol. The van der Waals surface area contributed by atoms with E-state index in [2.05, 4.69) is 32.2 Å². The largest absolute Gasteiger partial charge is 0.320 e.